The van der Waals surface area contributed by atoms with Crippen LogP contribution in [0.5, 0.6) is 0 Å². The molecule has 0 bridgehead atoms. The Morgan fingerprint density at radius 1 is 1.25 bits per heavy atom. The molecule has 0 aliphatic rings. The van der Waals surface area contributed by atoms with Crippen LogP contribution in [-0.4, -0.2) is 25.0 Å². The molecule has 0 unspecified atom stereocenters. The minimum atomic E-state index is -4.02. The van der Waals surface area contributed by atoms with Crippen molar-refractivity contribution >= 4 is 36.8 Å². The molecule has 0 atom stereocenters. The summed E-state index contributed by atoms with van der Waals surface area (Å²) in [4.78, 5) is 25.5. The molecule has 2 N–H and O–H groups in total. The maximum absolute atomic E-state index is 10.5. The Balaban J connectivity index is 0. The molecule has 0 aromatic heterocycles. The normalized spacial score (nSPS) is 9.06. The zero-order chi connectivity index (χ0) is 13.0. The zero-order valence-electron chi connectivity index (χ0n) is 8.98. The van der Waals surface area contributed by atoms with Gasteiger partial charge in [0.15, 0.2) is 0 Å². The summed E-state index contributed by atoms with van der Waals surface area (Å²) in [5, 5.41) is 0.0648. The van der Waals surface area contributed by atoms with E-state index in [1.165, 1.54) is 12.1 Å². The van der Waals surface area contributed by atoms with Crippen molar-refractivity contribution in [3.8, 4) is 0 Å². The minimum absolute atomic E-state index is 0.0648. The van der Waals surface area contributed by atoms with Crippen molar-refractivity contribution in [1.29, 1.82) is 0 Å². The molecule has 0 fully saturated rings. The molecular weight excluding hydrogens is 265 g/mol. The molecule has 0 saturated heterocycles. The van der Waals surface area contributed by atoms with Crippen molar-refractivity contribution in [2.45, 2.75) is 11.6 Å². The fourth-order valence-corrected chi connectivity index (χ4v) is 1.18. The van der Waals surface area contributed by atoms with Gasteiger partial charge in [-0.15, -0.1) is 0 Å². The Morgan fingerprint density at radius 2 is 1.56 bits per heavy atom. The third kappa shape index (κ3) is 12.0. The Kier molecular flexibility index (Phi) is 13.1. The quantitative estimate of drug-likeness (QED) is 0.585. The summed E-state index contributed by atoms with van der Waals surface area (Å²) in [5.74, 6) is 4.42. The molecule has 0 heterocycles. The monoisotopic (exact) mass is 278 g/mol. The van der Waals surface area contributed by atoms with Gasteiger partial charge in [-0.05, 0) is 12.1 Å². The van der Waals surface area contributed by atoms with Gasteiger partial charge in [-0.2, -0.15) is 0 Å². The molecule has 88 valence electrons. The van der Waals surface area contributed by atoms with Crippen LogP contribution >= 0.6 is 16.3 Å². The van der Waals surface area contributed by atoms with E-state index in [2.05, 4.69) is 11.6 Å². The molecule has 0 amide bonds. The fourth-order valence-electron chi connectivity index (χ4n) is 0.622. The van der Waals surface area contributed by atoms with Crippen LogP contribution < -0.4 is 10.2 Å². The molecule has 5 nitrogen and oxygen atoms in total. The SMILES string of the molecule is O=P(O)(O)c1ccccc1.O=P[O-].[CH3][Al+][CH3]. The Hall–Kier alpha value is -0.0375. The molecule has 0 aliphatic carbocycles. The molecule has 0 spiro atoms. The van der Waals surface area contributed by atoms with Gasteiger partial charge < -0.3 is 14.7 Å². The van der Waals surface area contributed by atoms with Gasteiger partial charge in [0.1, 0.15) is 0 Å². The van der Waals surface area contributed by atoms with Crippen molar-refractivity contribution in [3.05, 3.63) is 30.3 Å². The summed E-state index contributed by atoms with van der Waals surface area (Å²) in [6.45, 7) is 0. The molecule has 8 heteroatoms. The van der Waals surface area contributed by atoms with Gasteiger partial charge >= 0.3 is 34.4 Å². The van der Waals surface area contributed by atoms with Gasteiger partial charge in [-0.1, -0.05) is 18.2 Å². The van der Waals surface area contributed by atoms with Gasteiger partial charge in [0.05, 0.1) is 14.0 Å². The van der Waals surface area contributed by atoms with Crippen LogP contribution in [0.3, 0.4) is 0 Å². The van der Waals surface area contributed by atoms with Crippen LogP contribution in [0, 0.1) is 0 Å². The summed E-state index contributed by atoms with van der Waals surface area (Å²) in [6, 6.07) is 7.70. The molecule has 0 saturated carbocycles. The van der Waals surface area contributed by atoms with Gasteiger partial charge in [0.25, 0.3) is 0 Å². The molecule has 0 aliphatic heterocycles. The predicted octanol–water partition coefficient (Wildman–Crippen LogP) is 0.830. The van der Waals surface area contributed by atoms with E-state index in [0.29, 0.717) is 0 Å². The summed E-state index contributed by atoms with van der Waals surface area (Å²) in [7, 11) is -5.10. The van der Waals surface area contributed by atoms with E-state index in [0.717, 1.165) is 15.2 Å². The van der Waals surface area contributed by atoms with Crippen molar-refractivity contribution < 1.29 is 23.8 Å². The molecule has 0 radical (unpaired) electrons. The first-order chi connectivity index (χ1) is 7.43. The van der Waals surface area contributed by atoms with Gasteiger partial charge in [0.2, 0.25) is 0 Å². The number of hydrogen-bond donors (Lipinski definition) is 2. The summed E-state index contributed by atoms with van der Waals surface area (Å²) >= 11 is 0.750. The van der Waals surface area contributed by atoms with Crippen molar-refractivity contribution in [3.63, 3.8) is 0 Å². The average Bonchev–Trinajstić information content (AvgIpc) is 2.20. The topological polar surface area (TPSA) is 97.7 Å². The zero-order valence-corrected chi connectivity index (χ0v) is 11.9. The van der Waals surface area contributed by atoms with E-state index in [-0.39, 0.29) is 5.30 Å². The summed E-state index contributed by atoms with van der Waals surface area (Å²) in [5.41, 5.74) is 0. The summed E-state index contributed by atoms with van der Waals surface area (Å²) < 4.78 is 18.9. The van der Waals surface area contributed by atoms with Gasteiger partial charge in [0, 0.05) is 0 Å². The van der Waals surface area contributed by atoms with E-state index in [1.54, 1.807) is 18.2 Å². The third-order valence-electron chi connectivity index (χ3n) is 1.09. The van der Waals surface area contributed by atoms with Crippen LogP contribution in [0.2, 0.25) is 11.6 Å². The van der Waals surface area contributed by atoms with Crippen LogP contribution in [0.15, 0.2) is 30.3 Å². The number of rotatable bonds is 1. The molecule has 1 rings (SSSR count). The number of hydrogen-bond acceptors (Lipinski definition) is 3. The standard InChI is InChI=1S/C6H7O3P.2CH3.Al.HO2P/c7-10(8,9)6-4-2-1-3-5-6;;;;1-3-2/h1-5H,(H2,7,8,9);2*1H3;;(H,1,2)/q;;;+1;/p-1. The third-order valence-corrected chi connectivity index (χ3v) is 2.06. The first kappa shape index (κ1) is 18.3. The second-order valence-electron chi connectivity index (χ2n) is 2.53. The van der Waals surface area contributed by atoms with Crippen LogP contribution in [-0.2, 0) is 9.13 Å². The van der Waals surface area contributed by atoms with E-state index in [1.807, 2.05) is 0 Å². The first-order valence-electron chi connectivity index (χ1n) is 4.24. The van der Waals surface area contributed by atoms with Gasteiger partial charge in [-0.25, -0.2) is 0 Å². The van der Waals surface area contributed by atoms with E-state index in [9.17, 15) is 4.57 Å². The van der Waals surface area contributed by atoms with Crippen molar-refractivity contribution in [1.82, 2.24) is 0 Å². The molecule has 16 heavy (non-hydrogen) atoms. The van der Waals surface area contributed by atoms with Crippen LogP contribution in [0.25, 0.3) is 0 Å². The molecule has 1 aromatic rings. The second-order valence-corrected chi connectivity index (χ2v) is 5.44. The van der Waals surface area contributed by atoms with Crippen LogP contribution in [0.1, 0.15) is 0 Å². The van der Waals surface area contributed by atoms with Crippen molar-refractivity contribution in [2.24, 2.45) is 0 Å². The van der Waals surface area contributed by atoms with E-state index < -0.39 is 16.3 Å². The van der Waals surface area contributed by atoms with E-state index in [4.69, 9.17) is 19.2 Å². The second kappa shape index (κ2) is 11.4. The predicted molar refractivity (Wildman–Crippen MR) is 63.2 cm³/mol. The summed E-state index contributed by atoms with van der Waals surface area (Å²) in [6.07, 6.45) is 0. The maximum atomic E-state index is 10.5. The van der Waals surface area contributed by atoms with Gasteiger partial charge in [-0.3, -0.25) is 9.13 Å². The Morgan fingerprint density at radius 3 is 1.75 bits per heavy atom. The first-order valence-corrected chi connectivity index (χ1v) is 8.89. The Bertz CT molecular complexity index is 313. The van der Waals surface area contributed by atoms with Crippen LogP contribution in [0.4, 0.5) is 0 Å². The van der Waals surface area contributed by atoms with E-state index >= 15 is 0 Å². The fraction of sp³-hybridized carbons (Fsp3) is 0.250. The van der Waals surface area contributed by atoms with Crippen molar-refractivity contribution in [2.75, 3.05) is 0 Å². The average molecular weight is 278 g/mol. The molecule has 1 aromatic carbocycles. The Labute approximate surface area is 103 Å². The molecular formula is C8H13AlO5P2. The number of benzene rings is 1.